The highest BCUT2D eigenvalue weighted by atomic mass is 19.1. The van der Waals surface area contributed by atoms with E-state index < -0.39 is 0 Å². The maximum atomic E-state index is 13.0. The maximum Gasteiger partial charge on any atom is 0.125 e. The Morgan fingerprint density at radius 1 is 1.47 bits per heavy atom. The number of rotatable bonds is 5. The van der Waals surface area contributed by atoms with E-state index in [0.29, 0.717) is 6.61 Å². The van der Waals surface area contributed by atoms with Crippen LogP contribution in [0.1, 0.15) is 6.92 Å². The first-order valence-corrected chi connectivity index (χ1v) is 5.90. The van der Waals surface area contributed by atoms with Crippen LogP contribution in [0.25, 0.3) is 0 Å². The van der Waals surface area contributed by atoms with Gasteiger partial charge in [0.05, 0.1) is 12.2 Å². The highest BCUT2D eigenvalue weighted by Gasteiger charge is 2.32. The summed E-state index contributed by atoms with van der Waals surface area (Å²) in [6, 6.07) is 6.61. The molecule has 0 bridgehead atoms. The molecule has 17 heavy (non-hydrogen) atoms. The number of likely N-dealkylation sites (N-methyl/N-ethyl adjacent to an activating group) is 1. The molecule has 0 spiro atoms. The minimum atomic E-state index is -0.203. The molecular formula is C13H19FN2O. The van der Waals surface area contributed by atoms with Crippen molar-refractivity contribution in [3.8, 4) is 0 Å². The van der Waals surface area contributed by atoms with Gasteiger partial charge in [-0.15, -0.1) is 0 Å². The second-order valence-electron chi connectivity index (χ2n) is 4.80. The summed E-state index contributed by atoms with van der Waals surface area (Å²) in [6.07, 6.45) is 0. The molecule has 0 radical (unpaired) electrons. The minimum Gasteiger partial charge on any atom is -0.372 e. The summed E-state index contributed by atoms with van der Waals surface area (Å²) in [5.74, 6) is -0.203. The average Bonchev–Trinajstić information content (AvgIpc) is 2.26. The first-order chi connectivity index (χ1) is 8.09. The third kappa shape index (κ3) is 3.17. The van der Waals surface area contributed by atoms with Crippen molar-refractivity contribution in [3.05, 3.63) is 30.1 Å². The summed E-state index contributed by atoms with van der Waals surface area (Å²) in [7, 11) is 1.94. The monoisotopic (exact) mass is 238 g/mol. The molecule has 0 unspecified atom stereocenters. The SMILES string of the molecule is CN(CCOC1(C)CNC1)c1cccc(F)c1. The van der Waals surface area contributed by atoms with Crippen molar-refractivity contribution in [2.45, 2.75) is 12.5 Å². The zero-order chi connectivity index (χ0) is 12.3. The van der Waals surface area contributed by atoms with Crippen molar-refractivity contribution in [2.24, 2.45) is 0 Å². The van der Waals surface area contributed by atoms with Gasteiger partial charge in [-0.2, -0.15) is 0 Å². The van der Waals surface area contributed by atoms with E-state index in [0.717, 1.165) is 25.3 Å². The summed E-state index contributed by atoms with van der Waals surface area (Å²) >= 11 is 0. The van der Waals surface area contributed by atoms with Crippen LogP contribution in [0.4, 0.5) is 10.1 Å². The van der Waals surface area contributed by atoms with Gasteiger partial charge in [-0.3, -0.25) is 0 Å². The molecule has 1 saturated heterocycles. The molecule has 0 saturated carbocycles. The standard InChI is InChI=1S/C13H19FN2O/c1-13(9-15-10-13)17-7-6-16(2)12-5-3-4-11(14)8-12/h3-5,8,15H,6-7,9-10H2,1-2H3. The topological polar surface area (TPSA) is 24.5 Å². The predicted molar refractivity (Wildman–Crippen MR) is 66.9 cm³/mol. The molecule has 0 amide bonds. The van der Waals surface area contributed by atoms with Crippen LogP contribution in [0.3, 0.4) is 0 Å². The van der Waals surface area contributed by atoms with Crippen LogP contribution >= 0.6 is 0 Å². The molecule has 1 aromatic rings. The molecule has 3 nitrogen and oxygen atoms in total. The molecule has 1 aliphatic heterocycles. The largest absolute Gasteiger partial charge is 0.372 e. The second kappa shape index (κ2) is 5.02. The number of hydrogen-bond acceptors (Lipinski definition) is 3. The van der Waals surface area contributed by atoms with Crippen LogP contribution in [-0.4, -0.2) is 38.9 Å². The van der Waals surface area contributed by atoms with E-state index in [1.807, 2.05) is 18.0 Å². The van der Waals surface area contributed by atoms with Gasteiger partial charge >= 0.3 is 0 Å². The Morgan fingerprint density at radius 2 is 2.24 bits per heavy atom. The lowest BCUT2D eigenvalue weighted by Crippen LogP contribution is -2.59. The summed E-state index contributed by atoms with van der Waals surface area (Å²) in [4.78, 5) is 2.00. The molecule has 1 N–H and O–H groups in total. The van der Waals surface area contributed by atoms with Crippen molar-refractivity contribution in [2.75, 3.05) is 38.2 Å². The van der Waals surface area contributed by atoms with E-state index in [4.69, 9.17) is 4.74 Å². The minimum absolute atomic E-state index is 0.0111. The third-order valence-electron chi connectivity index (χ3n) is 3.12. The fraction of sp³-hybridized carbons (Fsp3) is 0.538. The lowest BCUT2D eigenvalue weighted by molar-refractivity contribution is -0.0631. The first-order valence-electron chi connectivity index (χ1n) is 5.90. The maximum absolute atomic E-state index is 13.0. The fourth-order valence-corrected chi connectivity index (χ4v) is 1.85. The van der Waals surface area contributed by atoms with Gasteiger partial charge in [-0.05, 0) is 25.1 Å². The van der Waals surface area contributed by atoms with Crippen molar-refractivity contribution < 1.29 is 9.13 Å². The lowest BCUT2D eigenvalue weighted by atomic mass is 10.0. The van der Waals surface area contributed by atoms with E-state index in [9.17, 15) is 4.39 Å². The van der Waals surface area contributed by atoms with E-state index >= 15 is 0 Å². The van der Waals surface area contributed by atoms with E-state index in [1.54, 1.807) is 6.07 Å². The fourth-order valence-electron chi connectivity index (χ4n) is 1.85. The van der Waals surface area contributed by atoms with Gasteiger partial charge in [-0.1, -0.05) is 6.07 Å². The normalized spacial score (nSPS) is 17.6. The Morgan fingerprint density at radius 3 is 2.82 bits per heavy atom. The van der Waals surface area contributed by atoms with Crippen LogP contribution in [0.5, 0.6) is 0 Å². The molecule has 1 aliphatic rings. The van der Waals surface area contributed by atoms with Crippen molar-refractivity contribution >= 4 is 5.69 Å². The first kappa shape index (κ1) is 12.3. The van der Waals surface area contributed by atoms with E-state index in [2.05, 4.69) is 12.2 Å². The molecule has 2 rings (SSSR count). The van der Waals surface area contributed by atoms with Gasteiger partial charge in [0.2, 0.25) is 0 Å². The van der Waals surface area contributed by atoms with Crippen molar-refractivity contribution in [1.82, 2.24) is 5.32 Å². The quantitative estimate of drug-likeness (QED) is 0.844. The summed E-state index contributed by atoms with van der Waals surface area (Å²) in [6.45, 7) is 5.35. The molecule has 0 aromatic heterocycles. The Hall–Kier alpha value is -1.13. The van der Waals surface area contributed by atoms with E-state index in [-0.39, 0.29) is 11.4 Å². The van der Waals surface area contributed by atoms with Gasteiger partial charge in [0, 0.05) is 32.4 Å². The number of nitrogens with one attached hydrogen (secondary N) is 1. The van der Waals surface area contributed by atoms with Crippen molar-refractivity contribution in [3.63, 3.8) is 0 Å². The molecule has 0 aliphatic carbocycles. The summed E-state index contributed by atoms with van der Waals surface area (Å²) in [5.41, 5.74) is 0.869. The number of hydrogen-bond donors (Lipinski definition) is 1. The van der Waals surface area contributed by atoms with Crippen LogP contribution in [-0.2, 0) is 4.74 Å². The highest BCUT2D eigenvalue weighted by molar-refractivity contribution is 5.45. The smallest absolute Gasteiger partial charge is 0.125 e. The molecule has 1 heterocycles. The number of nitrogens with zero attached hydrogens (tertiary/aromatic N) is 1. The van der Waals surface area contributed by atoms with Gasteiger partial charge in [0.15, 0.2) is 0 Å². The van der Waals surface area contributed by atoms with Gasteiger partial charge in [0.1, 0.15) is 5.82 Å². The third-order valence-corrected chi connectivity index (χ3v) is 3.12. The van der Waals surface area contributed by atoms with Crippen LogP contribution in [0.15, 0.2) is 24.3 Å². The van der Waals surface area contributed by atoms with Gasteiger partial charge in [-0.25, -0.2) is 4.39 Å². The number of ether oxygens (including phenoxy) is 1. The zero-order valence-corrected chi connectivity index (χ0v) is 10.4. The number of benzene rings is 1. The molecular weight excluding hydrogens is 219 g/mol. The average molecular weight is 238 g/mol. The molecule has 94 valence electrons. The second-order valence-corrected chi connectivity index (χ2v) is 4.80. The Kier molecular flexibility index (Phi) is 3.64. The number of halogens is 1. The predicted octanol–water partition coefficient (Wildman–Crippen LogP) is 1.64. The summed E-state index contributed by atoms with van der Waals surface area (Å²) in [5, 5.41) is 3.19. The Labute approximate surface area is 102 Å². The van der Waals surface area contributed by atoms with E-state index in [1.165, 1.54) is 12.1 Å². The van der Waals surface area contributed by atoms with Crippen LogP contribution in [0.2, 0.25) is 0 Å². The molecule has 1 aromatic carbocycles. The molecule has 4 heteroatoms. The highest BCUT2D eigenvalue weighted by Crippen LogP contribution is 2.16. The number of anilines is 1. The summed E-state index contributed by atoms with van der Waals surface area (Å²) < 4.78 is 18.8. The Balaban J connectivity index is 1.79. The lowest BCUT2D eigenvalue weighted by Gasteiger charge is -2.39. The van der Waals surface area contributed by atoms with Crippen LogP contribution in [0, 0.1) is 5.82 Å². The molecule has 1 fully saturated rings. The van der Waals surface area contributed by atoms with Gasteiger partial charge in [0.25, 0.3) is 0 Å². The van der Waals surface area contributed by atoms with Crippen LogP contribution < -0.4 is 10.2 Å². The van der Waals surface area contributed by atoms with Gasteiger partial charge < -0.3 is 15.0 Å². The molecule has 0 atom stereocenters. The zero-order valence-electron chi connectivity index (χ0n) is 10.4. The van der Waals surface area contributed by atoms with Crippen molar-refractivity contribution in [1.29, 1.82) is 0 Å². The Bertz CT molecular complexity index is 379.